The second-order valence-corrected chi connectivity index (χ2v) is 5.20. The van der Waals surface area contributed by atoms with Gasteiger partial charge in [-0.3, -0.25) is 4.90 Å². The first-order valence-corrected chi connectivity index (χ1v) is 7.68. The van der Waals surface area contributed by atoms with E-state index in [-0.39, 0.29) is 12.4 Å². The number of hydrogen-bond donors (Lipinski definition) is 0. The van der Waals surface area contributed by atoms with E-state index in [0.717, 1.165) is 37.7 Å². The third-order valence-corrected chi connectivity index (χ3v) is 3.83. The molecule has 2 rings (SSSR count). The molecule has 5 heteroatoms. The van der Waals surface area contributed by atoms with Crippen LogP contribution in [0.25, 0.3) is 0 Å². The molecule has 0 aromatic heterocycles. The highest BCUT2D eigenvalue weighted by atomic mass is 35.5. The van der Waals surface area contributed by atoms with Gasteiger partial charge in [-0.2, -0.15) is 0 Å². The minimum absolute atomic E-state index is 0. The molecule has 0 aliphatic carbocycles. The zero-order chi connectivity index (χ0) is 14.9. The van der Waals surface area contributed by atoms with Crippen LogP contribution in [0.1, 0.15) is 6.92 Å². The van der Waals surface area contributed by atoms with Crippen LogP contribution in [0.4, 0.5) is 0 Å². The van der Waals surface area contributed by atoms with Crippen LogP contribution in [0.15, 0.2) is 36.4 Å². The summed E-state index contributed by atoms with van der Waals surface area (Å²) in [6.07, 6.45) is 4.29. The molecule has 1 aliphatic heterocycles. The largest absolute Gasteiger partial charge is 0.497 e. The lowest BCUT2D eigenvalue weighted by Gasteiger charge is -2.33. The fraction of sp³-hybridized carbons (Fsp3) is 0.529. The fourth-order valence-electron chi connectivity index (χ4n) is 2.42. The molecule has 1 fully saturated rings. The summed E-state index contributed by atoms with van der Waals surface area (Å²) in [7, 11) is 1.66. The molecular weight excluding hydrogens is 300 g/mol. The van der Waals surface area contributed by atoms with E-state index in [1.807, 2.05) is 24.3 Å². The monoisotopic (exact) mass is 326 g/mol. The van der Waals surface area contributed by atoms with Gasteiger partial charge in [0.05, 0.1) is 7.11 Å². The molecule has 1 saturated heterocycles. The normalized spacial score (nSPS) is 16.5. The Kier molecular flexibility index (Phi) is 8.97. The molecule has 0 spiro atoms. The number of benzene rings is 1. The second kappa shape index (κ2) is 10.5. The molecule has 22 heavy (non-hydrogen) atoms. The Morgan fingerprint density at radius 2 is 1.73 bits per heavy atom. The van der Waals surface area contributed by atoms with Crippen molar-refractivity contribution in [3.05, 3.63) is 36.4 Å². The molecular formula is C17H27ClN2O2. The minimum atomic E-state index is 0. The number of rotatable bonds is 7. The van der Waals surface area contributed by atoms with Crippen molar-refractivity contribution in [2.24, 2.45) is 0 Å². The molecule has 0 N–H and O–H groups in total. The van der Waals surface area contributed by atoms with Gasteiger partial charge < -0.3 is 14.4 Å². The lowest BCUT2D eigenvalue weighted by molar-refractivity contribution is 0.148. The third kappa shape index (κ3) is 6.26. The number of nitrogens with zero attached hydrogens (tertiary/aromatic N) is 2. The van der Waals surface area contributed by atoms with Crippen LogP contribution in [0, 0.1) is 0 Å². The standard InChI is InChI=1S/C17H26N2O2.ClH/c1-3-18-10-12-19(13-11-18)9-4-5-14-21-17-8-6-7-16(15-17)20-2;/h4-8,15H,3,9-14H2,1-2H3;1H/b5-4+;. The highest BCUT2D eigenvalue weighted by Gasteiger charge is 2.13. The number of likely N-dealkylation sites (N-methyl/N-ethyl adjacent to an activating group) is 1. The van der Waals surface area contributed by atoms with E-state index in [1.54, 1.807) is 7.11 Å². The number of halogens is 1. The topological polar surface area (TPSA) is 24.9 Å². The van der Waals surface area contributed by atoms with E-state index < -0.39 is 0 Å². The number of piperazine rings is 1. The summed E-state index contributed by atoms with van der Waals surface area (Å²) >= 11 is 0. The van der Waals surface area contributed by atoms with Gasteiger partial charge >= 0.3 is 0 Å². The van der Waals surface area contributed by atoms with Crippen molar-refractivity contribution < 1.29 is 9.47 Å². The Hall–Kier alpha value is -1.23. The molecule has 0 saturated carbocycles. The van der Waals surface area contributed by atoms with Gasteiger partial charge in [-0.1, -0.05) is 25.1 Å². The Balaban J connectivity index is 0.00000242. The molecule has 1 aromatic carbocycles. The number of methoxy groups -OCH3 is 1. The van der Waals surface area contributed by atoms with Crippen molar-refractivity contribution in [2.45, 2.75) is 6.92 Å². The van der Waals surface area contributed by atoms with Crippen LogP contribution in [0.3, 0.4) is 0 Å². The van der Waals surface area contributed by atoms with Crippen LogP contribution < -0.4 is 9.47 Å². The zero-order valence-corrected chi connectivity index (χ0v) is 14.3. The highest BCUT2D eigenvalue weighted by Crippen LogP contribution is 2.18. The first-order chi connectivity index (χ1) is 10.3. The lowest BCUT2D eigenvalue weighted by Crippen LogP contribution is -2.46. The van der Waals surface area contributed by atoms with Crippen molar-refractivity contribution in [1.82, 2.24) is 9.80 Å². The SMILES string of the molecule is CCN1CCN(C/C=C/COc2cccc(OC)c2)CC1.Cl. The molecule has 0 radical (unpaired) electrons. The van der Waals surface area contributed by atoms with Gasteiger partial charge in [0, 0.05) is 38.8 Å². The smallest absolute Gasteiger partial charge is 0.123 e. The lowest BCUT2D eigenvalue weighted by atomic mass is 10.3. The molecule has 0 bridgehead atoms. The molecule has 124 valence electrons. The maximum Gasteiger partial charge on any atom is 0.123 e. The predicted octanol–water partition coefficient (Wildman–Crippen LogP) is 2.69. The van der Waals surface area contributed by atoms with Crippen molar-refractivity contribution in [1.29, 1.82) is 0 Å². The van der Waals surface area contributed by atoms with Gasteiger partial charge in [0.15, 0.2) is 0 Å². The first kappa shape index (κ1) is 18.8. The summed E-state index contributed by atoms with van der Waals surface area (Å²) in [6.45, 7) is 9.70. The van der Waals surface area contributed by atoms with E-state index in [2.05, 4.69) is 28.9 Å². The Bertz CT molecular complexity index is 446. The van der Waals surface area contributed by atoms with Crippen molar-refractivity contribution in [3.63, 3.8) is 0 Å². The van der Waals surface area contributed by atoms with Crippen LogP contribution in [-0.2, 0) is 0 Å². The van der Waals surface area contributed by atoms with Crippen molar-refractivity contribution >= 4 is 12.4 Å². The maximum atomic E-state index is 5.68. The van der Waals surface area contributed by atoms with Crippen LogP contribution in [0.5, 0.6) is 11.5 Å². The minimum Gasteiger partial charge on any atom is -0.497 e. The van der Waals surface area contributed by atoms with E-state index >= 15 is 0 Å². The van der Waals surface area contributed by atoms with Crippen LogP contribution in [-0.4, -0.2) is 62.8 Å². The van der Waals surface area contributed by atoms with Gasteiger partial charge in [0.2, 0.25) is 0 Å². The Morgan fingerprint density at radius 3 is 2.41 bits per heavy atom. The summed E-state index contributed by atoms with van der Waals surface area (Å²) in [5.41, 5.74) is 0. The number of hydrogen-bond acceptors (Lipinski definition) is 4. The second-order valence-electron chi connectivity index (χ2n) is 5.20. The quantitative estimate of drug-likeness (QED) is 0.719. The van der Waals surface area contributed by atoms with E-state index in [1.165, 1.54) is 13.1 Å². The van der Waals surface area contributed by atoms with Crippen LogP contribution in [0.2, 0.25) is 0 Å². The van der Waals surface area contributed by atoms with Gasteiger partial charge in [0.1, 0.15) is 18.1 Å². The fourth-order valence-corrected chi connectivity index (χ4v) is 2.42. The van der Waals surface area contributed by atoms with Gasteiger partial charge in [-0.05, 0) is 18.7 Å². The van der Waals surface area contributed by atoms with Crippen molar-refractivity contribution in [3.8, 4) is 11.5 Å². The van der Waals surface area contributed by atoms with E-state index in [4.69, 9.17) is 9.47 Å². The molecule has 1 aromatic rings. The third-order valence-electron chi connectivity index (χ3n) is 3.83. The number of ether oxygens (including phenoxy) is 2. The predicted molar refractivity (Wildman–Crippen MR) is 93.4 cm³/mol. The Morgan fingerprint density at radius 1 is 1.05 bits per heavy atom. The maximum absolute atomic E-state index is 5.68. The molecule has 1 aliphatic rings. The van der Waals surface area contributed by atoms with Crippen LogP contribution >= 0.6 is 12.4 Å². The molecule has 4 nitrogen and oxygen atoms in total. The molecule has 0 unspecified atom stereocenters. The van der Waals surface area contributed by atoms with Gasteiger partial charge in [0.25, 0.3) is 0 Å². The Labute approximate surface area is 140 Å². The van der Waals surface area contributed by atoms with E-state index in [0.29, 0.717) is 6.61 Å². The van der Waals surface area contributed by atoms with Gasteiger partial charge in [-0.25, -0.2) is 0 Å². The highest BCUT2D eigenvalue weighted by molar-refractivity contribution is 5.85. The first-order valence-electron chi connectivity index (χ1n) is 7.68. The molecule has 0 amide bonds. The summed E-state index contributed by atoms with van der Waals surface area (Å²) in [6, 6.07) is 7.70. The summed E-state index contributed by atoms with van der Waals surface area (Å²) in [5, 5.41) is 0. The summed E-state index contributed by atoms with van der Waals surface area (Å²) in [5.74, 6) is 1.67. The summed E-state index contributed by atoms with van der Waals surface area (Å²) < 4.78 is 10.8. The average molecular weight is 327 g/mol. The van der Waals surface area contributed by atoms with E-state index in [9.17, 15) is 0 Å². The molecule has 1 heterocycles. The summed E-state index contributed by atoms with van der Waals surface area (Å²) in [4.78, 5) is 4.97. The molecule has 0 atom stereocenters. The zero-order valence-electron chi connectivity index (χ0n) is 13.5. The van der Waals surface area contributed by atoms with Crippen molar-refractivity contribution in [2.75, 3.05) is 53.0 Å². The van der Waals surface area contributed by atoms with Gasteiger partial charge in [-0.15, -0.1) is 12.4 Å². The average Bonchev–Trinajstić information content (AvgIpc) is 2.55.